The zero-order valence-electron chi connectivity index (χ0n) is 16.4. The van der Waals surface area contributed by atoms with Gasteiger partial charge in [0.1, 0.15) is 5.82 Å². The van der Waals surface area contributed by atoms with E-state index in [0.29, 0.717) is 18.2 Å². The maximum absolute atomic E-state index is 13.0. The second-order valence-corrected chi connectivity index (χ2v) is 7.46. The second kappa shape index (κ2) is 8.87. The Morgan fingerprint density at radius 3 is 2.10 bits per heavy atom. The third-order valence-electron chi connectivity index (χ3n) is 4.47. The summed E-state index contributed by atoms with van der Waals surface area (Å²) in [6.45, 7) is 3.32. The summed E-state index contributed by atoms with van der Waals surface area (Å²) in [5.41, 5.74) is 4.95. The number of rotatable bonds is 6. The Morgan fingerprint density at radius 1 is 0.900 bits per heavy atom. The van der Waals surface area contributed by atoms with Crippen LogP contribution in [0.1, 0.15) is 16.7 Å². The third-order valence-corrected chi connectivity index (χ3v) is 4.67. The molecule has 2 N–H and O–H groups in total. The molecule has 0 aliphatic heterocycles. The van der Waals surface area contributed by atoms with E-state index in [4.69, 9.17) is 12.2 Å². The molecule has 2 aromatic heterocycles. The first-order valence-corrected chi connectivity index (χ1v) is 9.87. The van der Waals surface area contributed by atoms with Crippen molar-refractivity contribution < 1.29 is 4.39 Å². The summed E-state index contributed by atoms with van der Waals surface area (Å²) >= 11 is 5.39. The molecular formula is C22H21FN6S. The molecule has 4 rings (SSSR count). The van der Waals surface area contributed by atoms with E-state index in [2.05, 4.69) is 46.0 Å². The van der Waals surface area contributed by atoms with Gasteiger partial charge in [-0.15, -0.1) is 0 Å². The molecule has 0 spiro atoms. The van der Waals surface area contributed by atoms with Crippen LogP contribution in [0.2, 0.25) is 0 Å². The molecule has 0 saturated heterocycles. The molecule has 6 nitrogen and oxygen atoms in total. The van der Waals surface area contributed by atoms with Gasteiger partial charge >= 0.3 is 0 Å². The van der Waals surface area contributed by atoms with Gasteiger partial charge in [-0.05, 0) is 42.4 Å². The predicted octanol–water partition coefficient (Wildman–Crippen LogP) is 4.43. The summed E-state index contributed by atoms with van der Waals surface area (Å²) in [6.07, 6.45) is 7.19. The molecule has 8 heteroatoms. The Labute approximate surface area is 179 Å². The molecule has 0 atom stereocenters. The zero-order chi connectivity index (χ0) is 20.9. The normalized spacial score (nSPS) is 10.7. The number of anilines is 2. The van der Waals surface area contributed by atoms with Crippen molar-refractivity contribution in [2.75, 3.05) is 10.6 Å². The number of benzene rings is 2. The molecule has 0 aliphatic carbocycles. The molecule has 0 aliphatic rings. The molecule has 0 unspecified atom stereocenters. The second-order valence-electron chi connectivity index (χ2n) is 7.05. The maximum Gasteiger partial charge on any atom is 0.175 e. The van der Waals surface area contributed by atoms with E-state index >= 15 is 0 Å². The largest absolute Gasteiger partial charge is 0.330 e. The lowest BCUT2D eigenvalue weighted by Crippen LogP contribution is -2.18. The summed E-state index contributed by atoms with van der Waals surface area (Å²) in [5.74, 6) is -0.250. The van der Waals surface area contributed by atoms with Crippen LogP contribution in [0.4, 0.5) is 15.8 Å². The highest BCUT2D eigenvalue weighted by Crippen LogP contribution is 2.12. The lowest BCUT2D eigenvalue weighted by molar-refractivity contribution is 0.624. The molecular weight excluding hydrogens is 399 g/mol. The summed E-state index contributed by atoms with van der Waals surface area (Å²) in [4.78, 5) is 0. The average molecular weight is 421 g/mol. The number of aryl methyl sites for hydroxylation is 1. The lowest BCUT2D eigenvalue weighted by Gasteiger charge is -2.07. The molecule has 30 heavy (non-hydrogen) atoms. The van der Waals surface area contributed by atoms with E-state index in [1.807, 2.05) is 23.1 Å². The van der Waals surface area contributed by atoms with Gasteiger partial charge in [-0.3, -0.25) is 9.36 Å². The van der Waals surface area contributed by atoms with Crippen molar-refractivity contribution in [2.45, 2.75) is 20.0 Å². The van der Waals surface area contributed by atoms with Gasteiger partial charge < -0.3 is 10.6 Å². The maximum atomic E-state index is 13.0. The van der Waals surface area contributed by atoms with Crippen LogP contribution in [0.15, 0.2) is 73.3 Å². The Balaban J connectivity index is 1.31. The minimum atomic E-state index is -0.250. The first-order chi connectivity index (χ1) is 14.5. The molecule has 0 bridgehead atoms. The van der Waals surface area contributed by atoms with Crippen molar-refractivity contribution in [2.24, 2.45) is 0 Å². The van der Waals surface area contributed by atoms with Gasteiger partial charge in [-0.1, -0.05) is 42.0 Å². The smallest absolute Gasteiger partial charge is 0.175 e. The molecule has 0 saturated carbocycles. The van der Waals surface area contributed by atoms with Crippen LogP contribution in [0.3, 0.4) is 0 Å². The lowest BCUT2D eigenvalue weighted by atomic mass is 10.1. The van der Waals surface area contributed by atoms with Gasteiger partial charge in [0.2, 0.25) is 0 Å². The van der Waals surface area contributed by atoms with Crippen LogP contribution >= 0.6 is 12.2 Å². The number of hydrogen-bond acceptors (Lipinski definition) is 3. The van der Waals surface area contributed by atoms with Crippen molar-refractivity contribution in [3.05, 3.63) is 95.8 Å². The van der Waals surface area contributed by atoms with Crippen LogP contribution in [0.5, 0.6) is 0 Å². The number of nitrogens with one attached hydrogen (secondary N) is 2. The van der Waals surface area contributed by atoms with Gasteiger partial charge in [0.25, 0.3) is 0 Å². The highest BCUT2D eigenvalue weighted by molar-refractivity contribution is 7.80. The van der Waals surface area contributed by atoms with E-state index in [1.54, 1.807) is 29.2 Å². The molecule has 0 amide bonds. The summed E-state index contributed by atoms with van der Waals surface area (Å²) < 4.78 is 16.6. The van der Waals surface area contributed by atoms with Crippen molar-refractivity contribution in [3.63, 3.8) is 0 Å². The minimum absolute atomic E-state index is 0.250. The third kappa shape index (κ3) is 5.30. The standard InChI is InChI=1S/C22H21FN6S/c1-16-3-2-4-18(9-16)13-29-15-21(11-25-29)27-22(30)26-20-10-24-28(14-20)12-17-5-7-19(23)8-6-17/h2-11,14-15H,12-13H2,1H3,(H2,26,27,30). The van der Waals surface area contributed by atoms with Gasteiger partial charge in [-0.2, -0.15) is 10.2 Å². The fourth-order valence-corrected chi connectivity index (χ4v) is 3.33. The number of hydrogen-bond donors (Lipinski definition) is 2. The molecule has 0 fully saturated rings. The Hall–Kier alpha value is -3.52. The van der Waals surface area contributed by atoms with Gasteiger partial charge in [0.05, 0.1) is 36.9 Å². The molecule has 152 valence electrons. The number of aromatic nitrogens is 4. The number of thiocarbonyl (C=S) groups is 1. The van der Waals surface area contributed by atoms with E-state index < -0.39 is 0 Å². The summed E-state index contributed by atoms with van der Waals surface area (Å²) in [5, 5.41) is 15.4. The fourth-order valence-electron chi connectivity index (χ4n) is 3.10. The van der Waals surface area contributed by atoms with Crippen LogP contribution in [-0.4, -0.2) is 24.7 Å². The van der Waals surface area contributed by atoms with Crippen LogP contribution < -0.4 is 10.6 Å². The topological polar surface area (TPSA) is 59.7 Å². The molecule has 2 aromatic carbocycles. The summed E-state index contributed by atoms with van der Waals surface area (Å²) in [6, 6.07) is 14.7. The van der Waals surface area contributed by atoms with Gasteiger partial charge in [0, 0.05) is 12.4 Å². The SMILES string of the molecule is Cc1cccc(Cn2cc(NC(=S)Nc3cnn(Cc4ccc(F)cc4)c3)cn2)c1. The minimum Gasteiger partial charge on any atom is -0.330 e. The van der Waals surface area contributed by atoms with Crippen molar-refractivity contribution >= 4 is 28.7 Å². The first kappa shape index (κ1) is 19.8. The van der Waals surface area contributed by atoms with Crippen LogP contribution in [0, 0.1) is 12.7 Å². The van der Waals surface area contributed by atoms with Crippen LogP contribution in [-0.2, 0) is 13.1 Å². The fraction of sp³-hybridized carbons (Fsp3) is 0.136. The predicted molar refractivity (Wildman–Crippen MR) is 120 cm³/mol. The number of nitrogens with zero attached hydrogens (tertiary/aromatic N) is 4. The average Bonchev–Trinajstić information content (AvgIpc) is 3.33. The monoisotopic (exact) mass is 420 g/mol. The van der Waals surface area contributed by atoms with Crippen LogP contribution in [0.25, 0.3) is 0 Å². The highest BCUT2D eigenvalue weighted by atomic mass is 32.1. The van der Waals surface area contributed by atoms with E-state index in [-0.39, 0.29) is 5.82 Å². The first-order valence-electron chi connectivity index (χ1n) is 9.46. The molecule has 0 radical (unpaired) electrons. The van der Waals surface area contributed by atoms with Gasteiger partial charge in [-0.25, -0.2) is 4.39 Å². The van der Waals surface area contributed by atoms with Crippen molar-refractivity contribution in [1.29, 1.82) is 0 Å². The van der Waals surface area contributed by atoms with Gasteiger partial charge in [0.15, 0.2) is 5.11 Å². The Bertz CT molecular complexity index is 1150. The summed E-state index contributed by atoms with van der Waals surface area (Å²) in [7, 11) is 0. The molecule has 2 heterocycles. The Morgan fingerprint density at radius 2 is 1.50 bits per heavy atom. The van der Waals surface area contributed by atoms with E-state index in [0.717, 1.165) is 16.9 Å². The van der Waals surface area contributed by atoms with Crippen molar-refractivity contribution in [1.82, 2.24) is 19.6 Å². The quantitative estimate of drug-likeness (QED) is 0.452. The highest BCUT2D eigenvalue weighted by Gasteiger charge is 2.05. The number of halogens is 1. The van der Waals surface area contributed by atoms with E-state index in [1.165, 1.54) is 23.3 Å². The van der Waals surface area contributed by atoms with E-state index in [9.17, 15) is 4.39 Å². The Kier molecular flexibility index (Phi) is 5.85. The van der Waals surface area contributed by atoms with Crippen molar-refractivity contribution in [3.8, 4) is 0 Å². The molecule has 4 aromatic rings. The zero-order valence-corrected chi connectivity index (χ0v) is 17.2.